The van der Waals surface area contributed by atoms with Crippen molar-refractivity contribution in [3.8, 4) is 67.7 Å². The summed E-state index contributed by atoms with van der Waals surface area (Å²) in [4.78, 5) is 15.3. The van der Waals surface area contributed by atoms with Gasteiger partial charge in [0, 0.05) is 27.5 Å². The fraction of sp³-hybridized carbons (Fsp3) is 0. The average molecular weight is 576 g/mol. The van der Waals surface area contributed by atoms with Crippen LogP contribution >= 0.6 is 0 Å². The molecule has 0 radical (unpaired) electrons. The van der Waals surface area contributed by atoms with Crippen molar-refractivity contribution >= 4 is 21.8 Å². The molecule has 8 aromatic rings. The molecule has 9 rings (SSSR count). The van der Waals surface area contributed by atoms with Gasteiger partial charge in [0.2, 0.25) is 0 Å². The van der Waals surface area contributed by atoms with Gasteiger partial charge in [0.25, 0.3) is 0 Å². The van der Waals surface area contributed by atoms with Crippen molar-refractivity contribution in [2.24, 2.45) is 0 Å². The fourth-order valence-electron chi connectivity index (χ4n) is 6.31. The highest BCUT2D eigenvalue weighted by atomic mass is 16.5. The number of hydrogen-bond acceptors (Lipinski definition) is 4. The Balaban J connectivity index is 1.18. The summed E-state index contributed by atoms with van der Waals surface area (Å²) >= 11 is 0. The van der Waals surface area contributed by atoms with E-state index in [0.717, 1.165) is 78.3 Å². The molecule has 1 aliphatic heterocycles. The van der Waals surface area contributed by atoms with Gasteiger partial charge in [-0.25, -0.2) is 15.0 Å². The minimum atomic E-state index is 0.681. The maximum absolute atomic E-state index is 6.32. The summed E-state index contributed by atoms with van der Waals surface area (Å²) in [5, 5.41) is 3.19. The van der Waals surface area contributed by atoms with Crippen molar-refractivity contribution < 1.29 is 4.74 Å². The molecule has 4 nitrogen and oxygen atoms in total. The molecule has 45 heavy (non-hydrogen) atoms. The van der Waals surface area contributed by atoms with Crippen LogP contribution in [0.5, 0.6) is 11.5 Å². The molecule has 3 aromatic heterocycles. The minimum absolute atomic E-state index is 0.681. The molecular formula is C41H25N3O. The van der Waals surface area contributed by atoms with Gasteiger partial charge in [0.1, 0.15) is 11.5 Å². The number of aromatic nitrogens is 3. The number of fused-ring (bicyclic) bond motifs is 3. The van der Waals surface area contributed by atoms with Crippen molar-refractivity contribution in [1.29, 1.82) is 0 Å². The third kappa shape index (κ3) is 4.35. The number of para-hydroxylation sites is 1. The predicted molar refractivity (Wildman–Crippen MR) is 182 cm³/mol. The molecule has 0 N–H and O–H groups in total. The van der Waals surface area contributed by atoms with Crippen molar-refractivity contribution in [3.63, 3.8) is 0 Å². The molecule has 4 heteroatoms. The Morgan fingerprint density at radius 3 is 1.91 bits per heavy atom. The van der Waals surface area contributed by atoms with Crippen LogP contribution in [0.25, 0.3) is 78.0 Å². The van der Waals surface area contributed by atoms with Gasteiger partial charge in [-0.3, -0.25) is 0 Å². The van der Waals surface area contributed by atoms with Crippen molar-refractivity contribution in [2.75, 3.05) is 0 Å². The zero-order valence-corrected chi connectivity index (χ0v) is 24.2. The molecule has 0 amide bonds. The van der Waals surface area contributed by atoms with Gasteiger partial charge >= 0.3 is 0 Å². The second kappa shape index (κ2) is 10.2. The molecule has 0 saturated heterocycles. The summed E-state index contributed by atoms with van der Waals surface area (Å²) in [6.07, 6.45) is 0. The molecule has 0 unspecified atom stereocenters. The van der Waals surface area contributed by atoms with Crippen LogP contribution in [0, 0.1) is 0 Å². The maximum atomic E-state index is 6.32. The Labute approximate surface area is 260 Å². The molecule has 0 aliphatic carbocycles. The molecule has 0 spiro atoms. The molecule has 0 saturated carbocycles. The van der Waals surface area contributed by atoms with Crippen LogP contribution < -0.4 is 4.74 Å². The Morgan fingerprint density at radius 2 is 1.07 bits per heavy atom. The largest absolute Gasteiger partial charge is 0.456 e. The number of benzene rings is 5. The van der Waals surface area contributed by atoms with Gasteiger partial charge in [-0.05, 0) is 76.7 Å². The highest BCUT2D eigenvalue weighted by Crippen LogP contribution is 2.48. The maximum Gasteiger partial charge on any atom is 0.160 e. The smallest absolute Gasteiger partial charge is 0.160 e. The van der Waals surface area contributed by atoms with Crippen LogP contribution in [0.15, 0.2) is 152 Å². The Bertz CT molecular complexity index is 2340. The Kier molecular flexibility index (Phi) is 5.78. The highest BCUT2D eigenvalue weighted by molar-refractivity contribution is 6.09. The lowest BCUT2D eigenvalue weighted by atomic mass is 9.91. The summed E-state index contributed by atoms with van der Waals surface area (Å²) in [5.74, 6) is 1.74. The van der Waals surface area contributed by atoms with Gasteiger partial charge in [0.15, 0.2) is 5.65 Å². The fourth-order valence-corrected chi connectivity index (χ4v) is 6.31. The lowest BCUT2D eigenvalue weighted by Gasteiger charge is -2.22. The first kappa shape index (κ1) is 25.4. The first-order valence-corrected chi connectivity index (χ1v) is 15.0. The third-order valence-electron chi connectivity index (χ3n) is 8.49. The zero-order valence-electron chi connectivity index (χ0n) is 24.2. The van der Waals surface area contributed by atoms with Crippen LogP contribution in [-0.4, -0.2) is 15.0 Å². The molecule has 4 heterocycles. The van der Waals surface area contributed by atoms with E-state index >= 15 is 0 Å². The molecule has 0 fully saturated rings. The Hall–Kier alpha value is -6.13. The van der Waals surface area contributed by atoms with E-state index < -0.39 is 0 Å². The summed E-state index contributed by atoms with van der Waals surface area (Å²) in [6, 6.07) is 52.0. The molecule has 0 bridgehead atoms. The number of hydrogen-bond donors (Lipinski definition) is 0. The Morgan fingerprint density at radius 1 is 0.378 bits per heavy atom. The standard InChI is InChI=1S/C41H25N3O/c1-3-10-26(11-4-1)29-24-36(27-12-5-2-6-13-27)42-37(25-29)35-22-19-28-18-21-34(43-41(28)44-35)30-20-23-39-40-32(30)15-9-16-33(40)31-14-7-8-17-38(31)45-39/h1-25H. The molecule has 5 aromatic carbocycles. The monoisotopic (exact) mass is 575 g/mol. The minimum Gasteiger partial charge on any atom is -0.456 e. The van der Waals surface area contributed by atoms with Crippen molar-refractivity contribution in [2.45, 2.75) is 0 Å². The number of rotatable bonds is 4. The van der Waals surface area contributed by atoms with Crippen LogP contribution in [0.2, 0.25) is 0 Å². The normalized spacial score (nSPS) is 11.7. The average Bonchev–Trinajstić information content (AvgIpc) is 3.12. The summed E-state index contributed by atoms with van der Waals surface area (Å²) in [5.41, 5.74) is 10.6. The van der Waals surface area contributed by atoms with Crippen LogP contribution in [0.4, 0.5) is 0 Å². The van der Waals surface area contributed by atoms with E-state index in [-0.39, 0.29) is 0 Å². The van der Waals surface area contributed by atoms with E-state index in [4.69, 9.17) is 19.7 Å². The number of pyridine rings is 3. The first-order valence-electron chi connectivity index (χ1n) is 15.0. The first-order chi connectivity index (χ1) is 22.3. The molecule has 210 valence electrons. The summed E-state index contributed by atoms with van der Waals surface area (Å²) in [7, 11) is 0. The second-order valence-electron chi connectivity index (χ2n) is 11.2. The lowest BCUT2D eigenvalue weighted by molar-refractivity contribution is 0.487. The zero-order chi connectivity index (χ0) is 29.7. The van der Waals surface area contributed by atoms with E-state index in [1.54, 1.807) is 0 Å². The topological polar surface area (TPSA) is 47.9 Å². The predicted octanol–water partition coefficient (Wildman–Crippen LogP) is 10.6. The highest BCUT2D eigenvalue weighted by Gasteiger charge is 2.21. The molecular weight excluding hydrogens is 550 g/mol. The number of nitrogens with zero attached hydrogens (tertiary/aromatic N) is 3. The van der Waals surface area contributed by atoms with Gasteiger partial charge in [-0.1, -0.05) is 97.1 Å². The van der Waals surface area contributed by atoms with Gasteiger partial charge in [-0.15, -0.1) is 0 Å². The van der Waals surface area contributed by atoms with Gasteiger partial charge in [-0.2, -0.15) is 0 Å². The third-order valence-corrected chi connectivity index (χ3v) is 8.49. The van der Waals surface area contributed by atoms with Crippen LogP contribution in [-0.2, 0) is 0 Å². The van der Waals surface area contributed by atoms with E-state index in [2.05, 4.69) is 109 Å². The lowest BCUT2D eigenvalue weighted by Crippen LogP contribution is -1.98. The van der Waals surface area contributed by atoms with E-state index in [1.807, 2.05) is 42.5 Å². The molecule has 0 atom stereocenters. The SMILES string of the molecule is c1ccc(-c2cc(-c3ccccc3)nc(-c3ccc4ccc(-c5ccc6c7c(cccc57)-c5ccccc5O6)nc4n3)c2)cc1. The van der Waals surface area contributed by atoms with Gasteiger partial charge in [0.05, 0.1) is 22.8 Å². The quantitative estimate of drug-likeness (QED) is 0.209. The van der Waals surface area contributed by atoms with Crippen LogP contribution in [0.1, 0.15) is 0 Å². The van der Waals surface area contributed by atoms with Crippen molar-refractivity contribution in [1.82, 2.24) is 15.0 Å². The summed E-state index contributed by atoms with van der Waals surface area (Å²) in [6.45, 7) is 0. The van der Waals surface area contributed by atoms with E-state index in [9.17, 15) is 0 Å². The molecule has 1 aliphatic rings. The van der Waals surface area contributed by atoms with Crippen LogP contribution in [0.3, 0.4) is 0 Å². The van der Waals surface area contributed by atoms with E-state index in [0.29, 0.717) is 5.65 Å². The van der Waals surface area contributed by atoms with E-state index in [1.165, 1.54) is 5.56 Å². The van der Waals surface area contributed by atoms with Crippen molar-refractivity contribution in [3.05, 3.63) is 152 Å². The van der Waals surface area contributed by atoms with Gasteiger partial charge < -0.3 is 4.74 Å². The summed E-state index contributed by atoms with van der Waals surface area (Å²) < 4.78 is 6.32. The number of ether oxygens (including phenoxy) is 1. The second-order valence-corrected chi connectivity index (χ2v) is 11.2.